The van der Waals surface area contributed by atoms with Crippen molar-refractivity contribution in [2.75, 3.05) is 18.4 Å². The Labute approximate surface area is 169 Å². The SMILES string of the molecule is O=C(Nc1ccc(C(F)(F)F)cc1)N1CCC(c2nc(-c3ccncc3)no2)CC1. The second-order valence-electron chi connectivity index (χ2n) is 6.96. The number of hydrogen-bond acceptors (Lipinski definition) is 5. The highest BCUT2D eigenvalue weighted by molar-refractivity contribution is 5.89. The molecule has 0 atom stereocenters. The van der Waals surface area contributed by atoms with Crippen molar-refractivity contribution in [3.8, 4) is 11.4 Å². The van der Waals surface area contributed by atoms with Gasteiger partial charge < -0.3 is 14.7 Å². The van der Waals surface area contributed by atoms with E-state index >= 15 is 0 Å². The Hall–Kier alpha value is -3.43. The van der Waals surface area contributed by atoms with E-state index < -0.39 is 11.7 Å². The van der Waals surface area contributed by atoms with E-state index in [0.717, 1.165) is 17.7 Å². The molecule has 3 heterocycles. The van der Waals surface area contributed by atoms with Gasteiger partial charge in [-0.25, -0.2) is 4.79 Å². The zero-order chi connectivity index (χ0) is 21.1. The lowest BCUT2D eigenvalue weighted by Gasteiger charge is -2.30. The summed E-state index contributed by atoms with van der Waals surface area (Å²) >= 11 is 0. The van der Waals surface area contributed by atoms with E-state index in [9.17, 15) is 18.0 Å². The number of alkyl halides is 3. The van der Waals surface area contributed by atoms with Crippen molar-refractivity contribution in [2.45, 2.75) is 24.9 Å². The summed E-state index contributed by atoms with van der Waals surface area (Å²) in [6.07, 6.45) is 0.200. The average molecular weight is 417 g/mol. The van der Waals surface area contributed by atoms with Gasteiger partial charge in [0.1, 0.15) is 0 Å². The summed E-state index contributed by atoms with van der Waals surface area (Å²) in [6, 6.07) is 7.61. The van der Waals surface area contributed by atoms with Gasteiger partial charge in [0, 0.05) is 42.7 Å². The highest BCUT2D eigenvalue weighted by Crippen LogP contribution is 2.31. The van der Waals surface area contributed by atoms with Crippen LogP contribution >= 0.6 is 0 Å². The molecule has 156 valence electrons. The Morgan fingerprint density at radius 3 is 2.37 bits per heavy atom. The normalized spacial score (nSPS) is 15.2. The van der Waals surface area contributed by atoms with E-state index in [0.29, 0.717) is 43.3 Å². The van der Waals surface area contributed by atoms with Crippen LogP contribution in [0.2, 0.25) is 0 Å². The first-order chi connectivity index (χ1) is 14.4. The number of hydrogen-bond donors (Lipinski definition) is 1. The quantitative estimate of drug-likeness (QED) is 0.675. The van der Waals surface area contributed by atoms with Crippen molar-refractivity contribution >= 4 is 11.7 Å². The first-order valence-electron chi connectivity index (χ1n) is 9.37. The third-order valence-electron chi connectivity index (χ3n) is 4.98. The number of halogens is 3. The minimum absolute atomic E-state index is 0.0446. The highest BCUT2D eigenvalue weighted by Gasteiger charge is 2.30. The maximum Gasteiger partial charge on any atom is 0.416 e. The predicted molar refractivity (Wildman–Crippen MR) is 102 cm³/mol. The summed E-state index contributed by atoms with van der Waals surface area (Å²) in [7, 11) is 0. The molecule has 0 saturated carbocycles. The van der Waals surface area contributed by atoms with Gasteiger partial charge in [-0.05, 0) is 49.2 Å². The first kappa shape index (κ1) is 19.9. The van der Waals surface area contributed by atoms with Crippen LogP contribution in [0, 0.1) is 0 Å². The minimum Gasteiger partial charge on any atom is -0.339 e. The Morgan fingerprint density at radius 1 is 1.07 bits per heavy atom. The minimum atomic E-state index is -4.41. The van der Waals surface area contributed by atoms with Crippen LogP contribution in [-0.2, 0) is 6.18 Å². The van der Waals surface area contributed by atoms with Crippen LogP contribution in [0.4, 0.5) is 23.7 Å². The second kappa shape index (κ2) is 8.13. The molecular formula is C20H18F3N5O2. The Balaban J connectivity index is 1.32. The molecule has 0 unspecified atom stereocenters. The third-order valence-corrected chi connectivity index (χ3v) is 4.98. The summed E-state index contributed by atoms with van der Waals surface area (Å²) in [5, 5.41) is 6.64. The van der Waals surface area contributed by atoms with Gasteiger partial charge in [0.2, 0.25) is 11.7 Å². The molecule has 2 aromatic heterocycles. The number of urea groups is 1. The molecule has 0 bridgehead atoms. The average Bonchev–Trinajstić information content (AvgIpc) is 3.24. The van der Waals surface area contributed by atoms with Crippen LogP contribution in [-0.4, -0.2) is 39.1 Å². The number of carbonyl (C=O) groups is 1. The monoisotopic (exact) mass is 417 g/mol. The Kier molecular flexibility index (Phi) is 5.39. The molecule has 2 amide bonds. The van der Waals surface area contributed by atoms with Crippen molar-refractivity contribution in [3.05, 3.63) is 60.2 Å². The number of benzene rings is 1. The molecule has 1 saturated heterocycles. The predicted octanol–water partition coefficient (Wildman–Crippen LogP) is 4.56. The summed E-state index contributed by atoms with van der Waals surface area (Å²) in [5.74, 6) is 1.07. The standard InChI is InChI=1S/C20H18F3N5O2/c21-20(22,23)15-1-3-16(4-2-15)25-19(29)28-11-7-14(8-12-28)18-26-17(27-30-18)13-5-9-24-10-6-13/h1-6,9-10,14H,7-8,11-12H2,(H,25,29). The van der Waals surface area contributed by atoms with Crippen LogP contribution in [0.25, 0.3) is 11.4 Å². The molecule has 0 radical (unpaired) electrons. The van der Waals surface area contributed by atoms with Crippen molar-refractivity contribution < 1.29 is 22.5 Å². The van der Waals surface area contributed by atoms with Crippen LogP contribution < -0.4 is 5.32 Å². The molecule has 7 nitrogen and oxygen atoms in total. The molecule has 4 rings (SSSR count). The van der Waals surface area contributed by atoms with Gasteiger partial charge >= 0.3 is 12.2 Å². The fourth-order valence-electron chi connectivity index (χ4n) is 3.29. The molecule has 0 aliphatic carbocycles. The van der Waals surface area contributed by atoms with Crippen LogP contribution in [0.3, 0.4) is 0 Å². The number of likely N-dealkylation sites (tertiary alicyclic amines) is 1. The molecular weight excluding hydrogens is 399 g/mol. The first-order valence-corrected chi connectivity index (χ1v) is 9.37. The zero-order valence-electron chi connectivity index (χ0n) is 15.8. The van der Waals surface area contributed by atoms with Gasteiger partial charge in [0.15, 0.2) is 0 Å². The van der Waals surface area contributed by atoms with E-state index in [4.69, 9.17) is 4.52 Å². The van der Waals surface area contributed by atoms with Gasteiger partial charge in [0.05, 0.1) is 5.56 Å². The maximum absolute atomic E-state index is 12.6. The largest absolute Gasteiger partial charge is 0.416 e. The molecule has 1 aliphatic heterocycles. The van der Waals surface area contributed by atoms with E-state index in [1.54, 1.807) is 29.4 Å². The van der Waals surface area contributed by atoms with E-state index in [2.05, 4.69) is 20.4 Å². The Bertz CT molecular complexity index is 997. The number of nitrogens with zero attached hydrogens (tertiary/aromatic N) is 4. The lowest BCUT2D eigenvalue weighted by Crippen LogP contribution is -2.40. The topological polar surface area (TPSA) is 84.2 Å². The third kappa shape index (κ3) is 4.42. The fraction of sp³-hybridized carbons (Fsp3) is 0.300. The number of aromatic nitrogens is 3. The fourth-order valence-corrected chi connectivity index (χ4v) is 3.29. The second-order valence-corrected chi connectivity index (χ2v) is 6.96. The van der Waals surface area contributed by atoms with E-state index in [1.165, 1.54) is 12.1 Å². The van der Waals surface area contributed by atoms with Crippen LogP contribution in [0.15, 0.2) is 53.3 Å². The molecule has 1 fully saturated rings. The van der Waals surface area contributed by atoms with Crippen LogP contribution in [0.1, 0.15) is 30.2 Å². The highest BCUT2D eigenvalue weighted by atomic mass is 19.4. The van der Waals surface area contributed by atoms with Crippen molar-refractivity contribution in [1.29, 1.82) is 0 Å². The van der Waals surface area contributed by atoms with Gasteiger partial charge in [0.25, 0.3) is 0 Å². The maximum atomic E-state index is 12.6. The van der Waals surface area contributed by atoms with Gasteiger partial charge in [-0.15, -0.1) is 0 Å². The van der Waals surface area contributed by atoms with E-state index in [1.807, 2.05) is 0 Å². The van der Waals surface area contributed by atoms with Crippen molar-refractivity contribution in [1.82, 2.24) is 20.0 Å². The number of anilines is 1. The molecule has 1 aliphatic rings. The molecule has 3 aromatic rings. The summed E-state index contributed by atoms with van der Waals surface area (Å²) in [6.45, 7) is 0.953. The summed E-state index contributed by atoms with van der Waals surface area (Å²) < 4.78 is 43.3. The van der Waals surface area contributed by atoms with Gasteiger partial charge in [-0.2, -0.15) is 18.2 Å². The number of rotatable bonds is 3. The van der Waals surface area contributed by atoms with Crippen molar-refractivity contribution in [3.63, 3.8) is 0 Å². The molecule has 1 aromatic carbocycles. The van der Waals surface area contributed by atoms with Crippen molar-refractivity contribution in [2.24, 2.45) is 0 Å². The lowest BCUT2D eigenvalue weighted by atomic mass is 9.97. The number of pyridine rings is 1. The summed E-state index contributed by atoms with van der Waals surface area (Å²) in [5.41, 5.74) is 0.370. The zero-order valence-corrected chi connectivity index (χ0v) is 15.8. The number of amides is 2. The number of carbonyl (C=O) groups excluding carboxylic acids is 1. The summed E-state index contributed by atoms with van der Waals surface area (Å²) in [4.78, 5) is 22.4. The number of nitrogens with one attached hydrogen (secondary N) is 1. The number of piperidine rings is 1. The smallest absolute Gasteiger partial charge is 0.339 e. The van der Waals surface area contributed by atoms with E-state index in [-0.39, 0.29) is 11.9 Å². The molecule has 0 spiro atoms. The van der Waals surface area contributed by atoms with Crippen LogP contribution in [0.5, 0.6) is 0 Å². The molecule has 30 heavy (non-hydrogen) atoms. The van der Waals surface area contributed by atoms with Gasteiger partial charge in [-0.1, -0.05) is 5.16 Å². The lowest BCUT2D eigenvalue weighted by molar-refractivity contribution is -0.137. The molecule has 10 heteroatoms. The van der Waals surface area contributed by atoms with Gasteiger partial charge in [-0.3, -0.25) is 4.98 Å². The Morgan fingerprint density at radius 2 is 1.73 bits per heavy atom. The molecule has 1 N–H and O–H groups in total.